The molecule has 0 fully saturated rings. The Labute approximate surface area is 136 Å². The maximum absolute atomic E-state index is 11.9. The van der Waals surface area contributed by atoms with E-state index in [2.05, 4.69) is 11.4 Å². The first kappa shape index (κ1) is 16.5. The van der Waals surface area contributed by atoms with Gasteiger partial charge in [0.25, 0.3) is 0 Å². The van der Waals surface area contributed by atoms with Crippen LogP contribution in [0.2, 0.25) is 0 Å². The molecule has 2 aromatic carbocycles. The SMILES string of the molecule is CN(C)CCc1cc(NC(=O)Oc2ccccc2)ccc1C#N. The van der Waals surface area contributed by atoms with Gasteiger partial charge in [-0.25, -0.2) is 4.79 Å². The Kier molecular flexibility index (Phi) is 5.73. The molecule has 0 aliphatic rings. The van der Waals surface area contributed by atoms with Gasteiger partial charge in [0.1, 0.15) is 5.75 Å². The lowest BCUT2D eigenvalue weighted by Gasteiger charge is -2.12. The highest BCUT2D eigenvalue weighted by molar-refractivity contribution is 5.86. The first-order valence-corrected chi connectivity index (χ1v) is 7.30. The predicted molar refractivity (Wildman–Crippen MR) is 89.5 cm³/mol. The van der Waals surface area contributed by atoms with E-state index in [0.29, 0.717) is 17.0 Å². The van der Waals surface area contributed by atoms with E-state index in [9.17, 15) is 10.1 Å². The van der Waals surface area contributed by atoms with Crippen molar-refractivity contribution in [1.29, 1.82) is 5.26 Å². The van der Waals surface area contributed by atoms with Crippen LogP contribution in [0.4, 0.5) is 10.5 Å². The van der Waals surface area contributed by atoms with Crippen LogP contribution in [0.5, 0.6) is 5.75 Å². The maximum Gasteiger partial charge on any atom is 0.417 e. The summed E-state index contributed by atoms with van der Waals surface area (Å²) in [5.74, 6) is 0.478. The minimum atomic E-state index is -0.556. The summed E-state index contributed by atoms with van der Waals surface area (Å²) in [5.41, 5.74) is 2.13. The summed E-state index contributed by atoms with van der Waals surface area (Å²) < 4.78 is 5.19. The Morgan fingerprint density at radius 3 is 2.61 bits per heavy atom. The maximum atomic E-state index is 11.9. The van der Waals surface area contributed by atoms with Gasteiger partial charge in [-0.2, -0.15) is 5.26 Å². The van der Waals surface area contributed by atoms with Crippen molar-refractivity contribution in [2.24, 2.45) is 0 Å². The third-order valence-corrected chi connectivity index (χ3v) is 3.25. The smallest absolute Gasteiger partial charge is 0.410 e. The van der Waals surface area contributed by atoms with Crippen molar-refractivity contribution in [3.63, 3.8) is 0 Å². The fourth-order valence-electron chi connectivity index (χ4n) is 2.07. The number of nitrogens with zero attached hydrogens (tertiary/aromatic N) is 2. The molecule has 0 spiro atoms. The van der Waals surface area contributed by atoms with Crippen molar-refractivity contribution in [3.05, 3.63) is 59.7 Å². The van der Waals surface area contributed by atoms with Gasteiger partial charge in [0.2, 0.25) is 0 Å². The van der Waals surface area contributed by atoms with Crippen molar-refractivity contribution in [1.82, 2.24) is 4.90 Å². The number of carbonyl (C=O) groups excluding carboxylic acids is 1. The van der Waals surface area contributed by atoms with Gasteiger partial charge in [-0.1, -0.05) is 18.2 Å². The molecular weight excluding hydrogens is 290 g/mol. The molecule has 2 aromatic rings. The number of nitriles is 1. The van der Waals surface area contributed by atoms with Gasteiger partial charge in [-0.15, -0.1) is 0 Å². The fourth-order valence-corrected chi connectivity index (χ4v) is 2.07. The third-order valence-electron chi connectivity index (χ3n) is 3.25. The summed E-state index contributed by atoms with van der Waals surface area (Å²) in [4.78, 5) is 14.0. The van der Waals surface area contributed by atoms with E-state index >= 15 is 0 Å². The number of amides is 1. The summed E-state index contributed by atoms with van der Waals surface area (Å²) in [6.45, 7) is 0.826. The number of benzene rings is 2. The van der Waals surface area contributed by atoms with E-state index in [4.69, 9.17) is 4.74 Å². The quantitative estimate of drug-likeness (QED) is 0.920. The van der Waals surface area contributed by atoms with Crippen LogP contribution in [0.1, 0.15) is 11.1 Å². The number of carbonyl (C=O) groups is 1. The van der Waals surface area contributed by atoms with Crippen molar-refractivity contribution in [2.45, 2.75) is 6.42 Å². The molecule has 23 heavy (non-hydrogen) atoms. The number of anilines is 1. The van der Waals surface area contributed by atoms with Crippen LogP contribution in [0.25, 0.3) is 0 Å². The van der Waals surface area contributed by atoms with Crippen LogP contribution in [0.15, 0.2) is 48.5 Å². The van der Waals surface area contributed by atoms with E-state index in [-0.39, 0.29) is 0 Å². The lowest BCUT2D eigenvalue weighted by Crippen LogP contribution is -2.18. The number of rotatable bonds is 5. The number of ether oxygens (including phenoxy) is 1. The Hall–Kier alpha value is -2.84. The van der Waals surface area contributed by atoms with E-state index in [1.807, 2.05) is 31.1 Å². The average molecular weight is 309 g/mol. The summed E-state index contributed by atoms with van der Waals surface area (Å²) in [7, 11) is 3.96. The molecule has 1 amide bonds. The fraction of sp³-hybridized carbons (Fsp3) is 0.222. The van der Waals surface area contributed by atoms with Gasteiger partial charge in [-0.05, 0) is 56.4 Å². The molecule has 0 aromatic heterocycles. The van der Waals surface area contributed by atoms with Crippen LogP contribution < -0.4 is 10.1 Å². The molecule has 0 saturated carbocycles. The Morgan fingerprint density at radius 2 is 1.96 bits per heavy atom. The normalized spacial score (nSPS) is 10.2. The van der Waals surface area contributed by atoms with Crippen LogP contribution in [-0.2, 0) is 6.42 Å². The molecule has 118 valence electrons. The van der Waals surface area contributed by atoms with E-state index in [1.165, 1.54) is 0 Å². The summed E-state index contributed by atoms with van der Waals surface area (Å²) >= 11 is 0. The summed E-state index contributed by atoms with van der Waals surface area (Å²) in [5, 5.41) is 11.9. The highest BCUT2D eigenvalue weighted by Gasteiger charge is 2.08. The molecule has 5 heteroatoms. The molecule has 5 nitrogen and oxygen atoms in total. The Balaban J connectivity index is 2.06. The van der Waals surface area contributed by atoms with Crippen molar-refractivity contribution >= 4 is 11.8 Å². The third kappa shape index (κ3) is 5.13. The van der Waals surface area contributed by atoms with Gasteiger partial charge < -0.3 is 9.64 Å². The molecule has 0 atom stereocenters. The zero-order chi connectivity index (χ0) is 16.7. The minimum absolute atomic E-state index is 0.478. The van der Waals surface area contributed by atoms with Crippen LogP contribution in [0.3, 0.4) is 0 Å². The second kappa shape index (κ2) is 7.97. The molecule has 2 rings (SSSR count). The summed E-state index contributed by atoms with van der Waals surface area (Å²) in [6, 6.07) is 16.3. The molecule has 0 bridgehead atoms. The molecule has 0 heterocycles. The Bertz CT molecular complexity index is 706. The number of likely N-dealkylation sites (N-methyl/N-ethyl adjacent to an activating group) is 1. The second-order valence-corrected chi connectivity index (χ2v) is 5.36. The topological polar surface area (TPSA) is 65.4 Å². The van der Waals surface area contributed by atoms with Crippen molar-refractivity contribution in [3.8, 4) is 11.8 Å². The van der Waals surface area contributed by atoms with E-state index in [1.54, 1.807) is 36.4 Å². The molecule has 0 aliphatic heterocycles. The first-order valence-electron chi connectivity index (χ1n) is 7.30. The van der Waals surface area contributed by atoms with Crippen LogP contribution in [0, 0.1) is 11.3 Å². The zero-order valence-electron chi connectivity index (χ0n) is 13.2. The standard InChI is InChI=1S/C18H19N3O2/c1-21(2)11-10-14-12-16(9-8-15(14)13-19)20-18(22)23-17-6-4-3-5-7-17/h3-9,12H,10-11H2,1-2H3,(H,20,22). The molecule has 0 aliphatic carbocycles. The van der Waals surface area contributed by atoms with Crippen LogP contribution in [-0.4, -0.2) is 31.6 Å². The highest BCUT2D eigenvalue weighted by atomic mass is 16.6. The van der Waals surface area contributed by atoms with Crippen molar-refractivity contribution in [2.75, 3.05) is 26.0 Å². The number of para-hydroxylation sites is 1. The van der Waals surface area contributed by atoms with Gasteiger partial charge in [0.05, 0.1) is 11.6 Å². The number of hydrogen-bond acceptors (Lipinski definition) is 4. The van der Waals surface area contributed by atoms with Crippen LogP contribution >= 0.6 is 0 Å². The lowest BCUT2D eigenvalue weighted by atomic mass is 10.0. The molecule has 0 radical (unpaired) electrons. The molecule has 1 N–H and O–H groups in total. The van der Waals surface area contributed by atoms with Gasteiger partial charge in [0, 0.05) is 12.2 Å². The number of hydrogen-bond donors (Lipinski definition) is 1. The molecular formula is C18H19N3O2. The monoisotopic (exact) mass is 309 g/mol. The average Bonchev–Trinajstić information content (AvgIpc) is 2.54. The Morgan fingerprint density at radius 1 is 1.22 bits per heavy atom. The summed E-state index contributed by atoms with van der Waals surface area (Å²) in [6.07, 6.45) is 0.179. The van der Waals surface area contributed by atoms with Gasteiger partial charge in [0.15, 0.2) is 0 Å². The largest absolute Gasteiger partial charge is 0.417 e. The minimum Gasteiger partial charge on any atom is -0.410 e. The lowest BCUT2D eigenvalue weighted by molar-refractivity contribution is 0.215. The van der Waals surface area contributed by atoms with Gasteiger partial charge in [-0.3, -0.25) is 5.32 Å². The predicted octanol–water partition coefficient (Wildman–Crippen LogP) is 3.27. The highest BCUT2D eigenvalue weighted by Crippen LogP contribution is 2.17. The zero-order valence-corrected chi connectivity index (χ0v) is 13.2. The first-order chi connectivity index (χ1) is 11.1. The van der Waals surface area contributed by atoms with E-state index < -0.39 is 6.09 Å². The molecule has 0 unspecified atom stereocenters. The number of nitrogens with one attached hydrogen (secondary N) is 1. The van der Waals surface area contributed by atoms with Crippen molar-refractivity contribution < 1.29 is 9.53 Å². The van der Waals surface area contributed by atoms with Gasteiger partial charge >= 0.3 is 6.09 Å². The second-order valence-electron chi connectivity index (χ2n) is 5.36. The van der Waals surface area contributed by atoms with E-state index in [0.717, 1.165) is 18.5 Å². The molecule has 0 saturated heterocycles.